The van der Waals surface area contributed by atoms with E-state index in [1.54, 1.807) is 56.3 Å². The SMILES string of the molecule is CC(C)(C(=O)Nc1ccc(F)c(C(F)(F)F)c1)c1ccc(OC(=O)Nc2ccccc2)cc1. The van der Waals surface area contributed by atoms with Gasteiger partial charge in [0.1, 0.15) is 11.6 Å². The minimum Gasteiger partial charge on any atom is -0.410 e. The highest BCUT2D eigenvalue weighted by molar-refractivity contribution is 5.98. The van der Waals surface area contributed by atoms with Crippen LogP contribution in [0.5, 0.6) is 5.75 Å². The van der Waals surface area contributed by atoms with Crippen LogP contribution < -0.4 is 15.4 Å². The van der Waals surface area contributed by atoms with Gasteiger partial charge in [-0.15, -0.1) is 0 Å². The molecule has 0 spiro atoms. The Kier molecular flexibility index (Phi) is 6.71. The number of nitrogens with one attached hydrogen (secondary N) is 2. The topological polar surface area (TPSA) is 67.4 Å². The molecule has 9 heteroatoms. The van der Waals surface area contributed by atoms with Gasteiger partial charge in [0.05, 0.1) is 11.0 Å². The number of ether oxygens (including phenoxy) is 1. The Morgan fingerprint density at radius 1 is 0.818 bits per heavy atom. The number of halogens is 4. The molecule has 172 valence electrons. The number of rotatable bonds is 5. The maximum atomic E-state index is 13.5. The average molecular weight is 460 g/mol. The molecule has 0 heterocycles. The first-order chi connectivity index (χ1) is 15.5. The highest BCUT2D eigenvalue weighted by atomic mass is 19.4. The van der Waals surface area contributed by atoms with Gasteiger partial charge in [-0.25, -0.2) is 9.18 Å². The summed E-state index contributed by atoms with van der Waals surface area (Å²) in [5.41, 5.74) is -1.72. The standard InChI is InChI=1S/C24H20F4N2O3/c1-23(2,21(31)29-17-10-13-20(25)19(14-17)24(26,27)28)15-8-11-18(12-9-15)33-22(32)30-16-6-4-3-5-7-16/h3-14H,1-2H3,(H,29,31)(H,30,32). The summed E-state index contributed by atoms with van der Waals surface area (Å²) >= 11 is 0. The first-order valence-electron chi connectivity index (χ1n) is 9.79. The van der Waals surface area contributed by atoms with Crippen LogP contribution in [0, 0.1) is 5.82 Å². The van der Waals surface area contributed by atoms with Gasteiger partial charge in [0.15, 0.2) is 0 Å². The minimum atomic E-state index is -4.89. The van der Waals surface area contributed by atoms with Crippen molar-refractivity contribution in [2.45, 2.75) is 25.4 Å². The highest BCUT2D eigenvalue weighted by Crippen LogP contribution is 2.34. The molecule has 0 saturated carbocycles. The van der Waals surface area contributed by atoms with E-state index >= 15 is 0 Å². The number of hydrogen-bond donors (Lipinski definition) is 2. The van der Waals surface area contributed by atoms with Gasteiger partial charge in [0, 0.05) is 11.4 Å². The molecule has 5 nitrogen and oxygen atoms in total. The molecule has 0 radical (unpaired) electrons. The largest absolute Gasteiger partial charge is 0.419 e. The van der Waals surface area contributed by atoms with Crippen LogP contribution in [-0.2, 0) is 16.4 Å². The summed E-state index contributed by atoms with van der Waals surface area (Å²) in [5.74, 6) is -1.79. The highest BCUT2D eigenvalue weighted by Gasteiger charge is 2.35. The molecular formula is C24H20F4N2O3. The van der Waals surface area contributed by atoms with E-state index in [4.69, 9.17) is 4.74 Å². The first kappa shape index (κ1) is 23.8. The summed E-state index contributed by atoms with van der Waals surface area (Å²) in [4.78, 5) is 24.8. The van der Waals surface area contributed by atoms with Gasteiger partial charge < -0.3 is 10.1 Å². The van der Waals surface area contributed by atoms with Gasteiger partial charge in [0.2, 0.25) is 5.91 Å². The summed E-state index contributed by atoms with van der Waals surface area (Å²) in [7, 11) is 0. The molecular weight excluding hydrogens is 440 g/mol. The van der Waals surface area contributed by atoms with E-state index in [0.717, 1.165) is 6.07 Å². The van der Waals surface area contributed by atoms with Crippen molar-refractivity contribution >= 4 is 23.4 Å². The maximum Gasteiger partial charge on any atom is 0.419 e. The fourth-order valence-corrected chi connectivity index (χ4v) is 2.95. The predicted molar refractivity (Wildman–Crippen MR) is 116 cm³/mol. The Morgan fingerprint density at radius 3 is 2.06 bits per heavy atom. The summed E-state index contributed by atoms with van der Waals surface area (Å²) in [6.07, 6.45) is -5.58. The summed E-state index contributed by atoms with van der Waals surface area (Å²) in [6, 6.07) is 17.1. The third kappa shape index (κ3) is 5.88. The Labute approximate surface area is 187 Å². The van der Waals surface area contributed by atoms with Crippen molar-refractivity contribution in [2.75, 3.05) is 10.6 Å². The van der Waals surface area contributed by atoms with Crippen LogP contribution in [0.2, 0.25) is 0 Å². The van der Waals surface area contributed by atoms with Gasteiger partial charge in [0.25, 0.3) is 0 Å². The van der Waals surface area contributed by atoms with Crippen molar-refractivity contribution in [1.29, 1.82) is 0 Å². The molecule has 0 aromatic heterocycles. The number of carbonyl (C=O) groups is 2. The second-order valence-corrected chi connectivity index (χ2v) is 7.68. The van der Waals surface area contributed by atoms with Crippen LogP contribution in [0.3, 0.4) is 0 Å². The molecule has 0 fully saturated rings. The van der Waals surface area contributed by atoms with E-state index in [1.807, 2.05) is 0 Å². The number of para-hydroxylation sites is 1. The smallest absolute Gasteiger partial charge is 0.410 e. The quantitative estimate of drug-likeness (QED) is 0.435. The van der Waals surface area contributed by atoms with Gasteiger partial charge >= 0.3 is 12.3 Å². The second-order valence-electron chi connectivity index (χ2n) is 7.68. The van der Waals surface area contributed by atoms with Crippen LogP contribution in [0.25, 0.3) is 0 Å². The van der Waals surface area contributed by atoms with Crippen molar-refractivity contribution < 1.29 is 31.9 Å². The van der Waals surface area contributed by atoms with E-state index in [0.29, 0.717) is 23.4 Å². The number of amides is 2. The van der Waals surface area contributed by atoms with Crippen molar-refractivity contribution in [3.8, 4) is 5.75 Å². The molecule has 0 saturated heterocycles. The number of hydrogen-bond acceptors (Lipinski definition) is 3. The fraction of sp³-hybridized carbons (Fsp3) is 0.167. The monoisotopic (exact) mass is 460 g/mol. The summed E-state index contributed by atoms with van der Waals surface area (Å²) < 4.78 is 57.5. The molecule has 0 bridgehead atoms. The molecule has 0 atom stereocenters. The zero-order valence-electron chi connectivity index (χ0n) is 17.7. The number of anilines is 2. The Balaban J connectivity index is 1.68. The Morgan fingerprint density at radius 2 is 1.45 bits per heavy atom. The van der Waals surface area contributed by atoms with Crippen LogP contribution in [-0.4, -0.2) is 12.0 Å². The molecule has 0 aliphatic carbocycles. The summed E-state index contributed by atoms with van der Waals surface area (Å²) in [6.45, 7) is 3.16. The van der Waals surface area contributed by atoms with Crippen molar-refractivity contribution in [3.63, 3.8) is 0 Å². The molecule has 0 aliphatic heterocycles. The first-order valence-corrected chi connectivity index (χ1v) is 9.79. The van der Waals surface area contributed by atoms with Crippen molar-refractivity contribution in [3.05, 3.63) is 89.7 Å². The molecule has 3 aromatic rings. The third-order valence-electron chi connectivity index (χ3n) is 4.90. The van der Waals surface area contributed by atoms with Gasteiger partial charge in [-0.1, -0.05) is 30.3 Å². The van der Waals surface area contributed by atoms with E-state index in [9.17, 15) is 27.2 Å². The Hall–Kier alpha value is -3.88. The zero-order chi connectivity index (χ0) is 24.2. The van der Waals surface area contributed by atoms with Crippen LogP contribution in [0.15, 0.2) is 72.8 Å². The van der Waals surface area contributed by atoms with Gasteiger partial charge in [-0.3, -0.25) is 10.1 Å². The lowest BCUT2D eigenvalue weighted by Crippen LogP contribution is -2.34. The number of alkyl halides is 3. The van der Waals surface area contributed by atoms with Gasteiger partial charge in [-0.2, -0.15) is 13.2 Å². The summed E-state index contributed by atoms with van der Waals surface area (Å²) in [5, 5.41) is 4.96. The molecule has 2 amide bonds. The average Bonchev–Trinajstić information content (AvgIpc) is 2.75. The van der Waals surface area contributed by atoms with E-state index in [1.165, 1.54) is 12.1 Å². The predicted octanol–water partition coefficient (Wildman–Crippen LogP) is 6.37. The van der Waals surface area contributed by atoms with E-state index < -0.39 is 35.0 Å². The molecule has 2 N–H and O–H groups in total. The number of benzene rings is 3. The normalized spacial score (nSPS) is 11.6. The van der Waals surface area contributed by atoms with Crippen LogP contribution >= 0.6 is 0 Å². The molecule has 33 heavy (non-hydrogen) atoms. The Bertz CT molecular complexity index is 1140. The second kappa shape index (κ2) is 9.32. The number of carbonyl (C=O) groups excluding carboxylic acids is 2. The lowest BCUT2D eigenvalue weighted by Gasteiger charge is -2.24. The van der Waals surface area contributed by atoms with E-state index in [-0.39, 0.29) is 11.4 Å². The molecule has 0 unspecified atom stereocenters. The zero-order valence-corrected chi connectivity index (χ0v) is 17.7. The van der Waals surface area contributed by atoms with Gasteiger partial charge in [-0.05, 0) is 61.9 Å². The lowest BCUT2D eigenvalue weighted by atomic mass is 9.83. The van der Waals surface area contributed by atoms with Crippen molar-refractivity contribution in [1.82, 2.24) is 0 Å². The van der Waals surface area contributed by atoms with E-state index in [2.05, 4.69) is 10.6 Å². The maximum absolute atomic E-state index is 13.5. The van der Waals surface area contributed by atoms with Crippen molar-refractivity contribution in [2.24, 2.45) is 0 Å². The minimum absolute atomic E-state index is 0.181. The van der Waals surface area contributed by atoms with Crippen LogP contribution in [0.4, 0.5) is 33.7 Å². The molecule has 3 aromatic carbocycles. The van der Waals surface area contributed by atoms with Crippen LogP contribution in [0.1, 0.15) is 25.0 Å². The molecule has 3 rings (SSSR count). The molecule has 0 aliphatic rings. The third-order valence-corrected chi connectivity index (χ3v) is 4.90. The fourth-order valence-electron chi connectivity index (χ4n) is 2.95. The lowest BCUT2D eigenvalue weighted by molar-refractivity contribution is -0.140.